The molecule has 0 spiro atoms. The Morgan fingerprint density at radius 1 is 0.595 bits per heavy atom. The number of rotatable bonds is 2. The van der Waals surface area contributed by atoms with Crippen LogP contribution < -0.4 is 0 Å². The van der Waals surface area contributed by atoms with E-state index in [0.717, 1.165) is 3.67 Å². The van der Waals surface area contributed by atoms with Crippen LogP contribution in [0.25, 0.3) is 34.4 Å². The topological polar surface area (TPSA) is 0 Å². The summed E-state index contributed by atoms with van der Waals surface area (Å²) in [4.78, 5) is 0. The molecule has 0 N–H and O–H groups in total. The number of fused-ring (bicyclic) bond motifs is 6. The van der Waals surface area contributed by atoms with E-state index < -0.39 is 29.5 Å². The van der Waals surface area contributed by atoms with Gasteiger partial charge in [0.15, 0.2) is 0 Å². The van der Waals surface area contributed by atoms with Gasteiger partial charge in [-0.25, -0.2) is 0 Å². The van der Waals surface area contributed by atoms with Crippen LogP contribution in [0.1, 0.15) is 73.4 Å². The van der Waals surface area contributed by atoms with E-state index in [0.29, 0.717) is 5.92 Å². The molecule has 7 rings (SSSR count). The van der Waals surface area contributed by atoms with Crippen LogP contribution in [-0.4, -0.2) is 9.52 Å². The number of aryl methyl sites for hydroxylation is 4. The van der Waals surface area contributed by atoms with Gasteiger partial charge < -0.3 is 0 Å². The molecule has 1 fully saturated rings. The zero-order valence-electron chi connectivity index (χ0n) is 26.3. The molecule has 2 heteroatoms. The minimum absolute atomic E-state index is 0.577. The predicted octanol–water partition coefficient (Wildman–Crippen LogP) is 10.8. The Morgan fingerprint density at radius 3 is 1.69 bits per heavy atom. The zero-order valence-corrected chi connectivity index (χ0v) is 31.3. The molecule has 42 heavy (non-hydrogen) atoms. The second kappa shape index (κ2) is 10.9. The summed E-state index contributed by atoms with van der Waals surface area (Å²) < 4.78 is 7.80. The van der Waals surface area contributed by atoms with E-state index in [9.17, 15) is 0 Å². The zero-order chi connectivity index (χ0) is 29.2. The fraction of sp³-hybridized carbons (Fsp3) is 0.300. The van der Waals surface area contributed by atoms with Crippen LogP contribution in [0.3, 0.4) is 0 Å². The van der Waals surface area contributed by atoms with Crippen molar-refractivity contribution in [3.63, 3.8) is 0 Å². The molecule has 1 aliphatic heterocycles. The first-order chi connectivity index (χ1) is 20.2. The van der Waals surface area contributed by atoms with Crippen molar-refractivity contribution in [1.82, 2.24) is 0 Å². The van der Waals surface area contributed by atoms with Gasteiger partial charge in [-0.3, -0.25) is 0 Å². The van der Waals surface area contributed by atoms with Crippen LogP contribution >= 0.6 is 0 Å². The first kappa shape index (κ1) is 28.2. The predicted molar refractivity (Wildman–Crippen MR) is 183 cm³/mol. The summed E-state index contributed by atoms with van der Waals surface area (Å²) in [6.45, 7) is 9.15. The molecule has 0 nitrogen and oxygen atoms in total. The Kier molecular flexibility index (Phi) is 7.30. The number of benzene rings is 4. The molecule has 0 radical (unpaired) electrons. The Labute approximate surface area is 260 Å². The van der Waals surface area contributed by atoms with E-state index in [1.165, 1.54) is 73.5 Å². The van der Waals surface area contributed by atoms with Gasteiger partial charge >= 0.3 is 262 Å². The van der Waals surface area contributed by atoms with Gasteiger partial charge in [0.1, 0.15) is 0 Å². The van der Waals surface area contributed by atoms with E-state index in [1.54, 1.807) is 21.9 Å². The van der Waals surface area contributed by atoms with Crippen molar-refractivity contribution in [1.29, 1.82) is 0 Å². The Balaban J connectivity index is 1.38. The van der Waals surface area contributed by atoms with E-state index in [-0.39, 0.29) is 0 Å². The molecule has 2 aliphatic carbocycles. The Bertz CT molecular complexity index is 1750. The van der Waals surface area contributed by atoms with Crippen molar-refractivity contribution in [3.8, 4) is 22.3 Å². The molecular formula is C40H44HfSi. The molecule has 4 aromatic carbocycles. The minimum atomic E-state index is -2.59. The number of hydrogen-bond donors (Lipinski definition) is 0. The Hall–Kier alpha value is -2.55. The third kappa shape index (κ3) is 4.65. The van der Waals surface area contributed by atoms with E-state index >= 15 is 0 Å². The quantitative estimate of drug-likeness (QED) is 0.180. The molecule has 0 amide bonds. The van der Waals surface area contributed by atoms with Gasteiger partial charge in [-0.1, -0.05) is 0 Å². The van der Waals surface area contributed by atoms with Crippen LogP contribution in [0.15, 0.2) is 83.2 Å². The molecule has 1 saturated heterocycles. The van der Waals surface area contributed by atoms with Gasteiger partial charge in [-0.2, -0.15) is 0 Å². The normalized spacial score (nSPS) is 21.2. The SMILES string of the molecule is Cc1cccc(C)c1-c1cccc2c1C=C1[SiH2]C3=Cc4c(-c5c(C)cccc5C)cccc4[CH]3[Hf]([CH3])([CH3])[CH2]CCCC12. The molecule has 2 unspecified atom stereocenters. The fourth-order valence-electron chi connectivity index (χ4n) is 8.81. The summed E-state index contributed by atoms with van der Waals surface area (Å²) in [6.07, 6.45) is 9.51. The van der Waals surface area contributed by atoms with Gasteiger partial charge in [-0.05, 0) is 0 Å². The number of hydrogen-bond acceptors (Lipinski definition) is 0. The molecule has 0 saturated carbocycles. The van der Waals surface area contributed by atoms with E-state index in [2.05, 4.69) is 122 Å². The second-order valence-corrected chi connectivity index (χ2v) is 34.1. The molecule has 3 aliphatic rings. The maximum atomic E-state index is 2.77. The van der Waals surface area contributed by atoms with Gasteiger partial charge in [0.05, 0.1) is 0 Å². The van der Waals surface area contributed by atoms with Gasteiger partial charge in [0.25, 0.3) is 0 Å². The first-order valence-corrected chi connectivity index (χ1v) is 29.3. The molecule has 0 aromatic heterocycles. The molecule has 212 valence electrons. The van der Waals surface area contributed by atoms with E-state index in [4.69, 9.17) is 0 Å². The summed E-state index contributed by atoms with van der Waals surface area (Å²) >= 11 is -2.59. The fourth-order valence-corrected chi connectivity index (χ4v) is 29.7. The summed E-state index contributed by atoms with van der Waals surface area (Å²) in [5.74, 6) is 0.608. The van der Waals surface area contributed by atoms with Crippen molar-refractivity contribution in [2.45, 2.75) is 70.1 Å². The van der Waals surface area contributed by atoms with Gasteiger partial charge in [0.2, 0.25) is 0 Å². The van der Waals surface area contributed by atoms with Crippen LogP contribution in [0.5, 0.6) is 0 Å². The van der Waals surface area contributed by atoms with Crippen LogP contribution in [-0.2, 0) is 20.0 Å². The molecule has 4 aromatic rings. The van der Waals surface area contributed by atoms with Gasteiger partial charge in [0, 0.05) is 0 Å². The summed E-state index contributed by atoms with van der Waals surface area (Å²) in [7, 11) is -0.577. The molecule has 0 bridgehead atoms. The average Bonchev–Trinajstić information content (AvgIpc) is 3.50. The number of allylic oxidation sites excluding steroid dienone is 2. The Morgan fingerprint density at radius 2 is 1.10 bits per heavy atom. The monoisotopic (exact) mass is 732 g/mol. The van der Waals surface area contributed by atoms with Crippen molar-refractivity contribution < 1.29 is 20.0 Å². The average molecular weight is 731 g/mol. The van der Waals surface area contributed by atoms with Crippen molar-refractivity contribution in [3.05, 3.63) is 128 Å². The van der Waals surface area contributed by atoms with E-state index in [1.807, 2.05) is 5.20 Å². The summed E-state index contributed by atoms with van der Waals surface area (Å²) in [5.41, 5.74) is 17.7. The summed E-state index contributed by atoms with van der Waals surface area (Å²) in [6, 6.07) is 28.0. The van der Waals surface area contributed by atoms with Gasteiger partial charge in [-0.15, -0.1) is 0 Å². The standard InChI is InChI=1S/C38H38Si.2CH3.Hf/c1-6-7-17-31-30-18-11-20-33(38-26(4)14-9-15-27(38)5)35(30)23-36(31)39-29-21-28-16-10-19-32(34(28)22-29)37-24(2)12-8-13-25(37)3;;;/h8-16,18-23,31H,1,6-7,17,39H2,2-5H3;2*1H3;. The first-order valence-electron chi connectivity index (χ1n) is 16.0. The van der Waals surface area contributed by atoms with Crippen molar-refractivity contribution in [2.75, 3.05) is 0 Å². The van der Waals surface area contributed by atoms with Crippen LogP contribution in [0, 0.1) is 27.7 Å². The molecule has 2 atom stereocenters. The van der Waals surface area contributed by atoms with Crippen LogP contribution in [0.2, 0.25) is 13.5 Å². The van der Waals surface area contributed by atoms with Crippen LogP contribution in [0.4, 0.5) is 0 Å². The van der Waals surface area contributed by atoms with Crippen molar-refractivity contribution in [2.24, 2.45) is 0 Å². The third-order valence-corrected chi connectivity index (χ3v) is 28.3. The second-order valence-electron chi connectivity index (χ2n) is 14.0. The summed E-state index contributed by atoms with van der Waals surface area (Å²) in [5, 5.41) is 3.65. The third-order valence-electron chi connectivity index (χ3n) is 10.7. The molecule has 1 heterocycles. The van der Waals surface area contributed by atoms with Crippen molar-refractivity contribution >= 4 is 21.7 Å². The maximum absolute atomic E-state index is 2.77. The molecular weight excluding hydrogens is 687 g/mol.